The molecule has 5 nitrogen and oxygen atoms in total. The summed E-state index contributed by atoms with van der Waals surface area (Å²) in [7, 11) is 1.95. The quantitative estimate of drug-likeness (QED) is 0.642. The van der Waals surface area contributed by atoms with Crippen LogP contribution in [-0.2, 0) is 0 Å². The zero-order valence-electron chi connectivity index (χ0n) is 11.3. The number of nitrogens with one attached hydrogen (secondary N) is 1. The minimum Gasteiger partial charge on any atom is -0.344 e. The average Bonchev–Trinajstić information content (AvgIpc) is 2.83. The van der Waals surface area contributed by atoms with Gasteiger partial charge in [0.05, 0.1) is 4.92 Å². The SMILES string of the molecule is CCC(CCNC)n1ccc2cc([N+](=O)[O-])ccc21. The molecule has 1 aromatic carbocycles. The molecule has 19 heavy (non-hydrogen) atoms. The van der Waals surface area contributed by atoms with Gasteiger partial charge in [-0.2, -0.15) is 0 Å². The molecule has 0 aliphatic heterocycles. The number of aromatic nitrogens is 1. The summed E-state index contributed by atoms with van der Waals surface area (Å²) in [6, 6.07) is 7.42. The number of rotatable bonds is 6. The van der Waals surface area contributed by atoms with Gasteiger partial charge in [-0.15, -0.1) is 0 Å². The Morgan fingerprint density at radius 3 is 2.84 bits per heavy atom. The Hall–Kier alpha value is -1.88. The van der Waals surface area contributed by atoms with Crippen LogP contribution in [0.1, 0.15) is 25.8 Å². The molecule has 2 rings (SSSR count). The van der Waals surface area contributed by atoms with Gasteiger partial charge in [-0.05, 0) is 38.6 Å². The van der Waals surface area contributed by atoms with Crippen LogP contribution in [0.5, 0.6) is 0 Å². The minimum absolute atomic E-state index is 0.147. The van der Waals surface area contributed by atoms with Gasteiger partial charge < -0.3 is 9.88 Å². The van der Waals surface area contributed by atoms with Crippen molar-refractivity contribution in [1.29, 1.82) is 0 Å². The molecule has 1 aromatic heterocycles. The Morgan fingerprint density at radius 1 is 1.42 bits per heavy atom. The van der Waals surface area contributed by atoms with Crippen LogP contribution in [0, 0.1) is 10.1 Å². The van der Waals surface area contributed by atoms with E-state index < -0.39 is 0 Å². The van der Waals surface area contributed by atoms with E-state index in [4.69, 9.17) is 0 Å². The van der Waals surface area contributed by atoms with Crippen molar-refractivity contribution in [1.82, 2.24) is 9.88 Å². The largest absolute Gasteiger partial charge is 0.344 e. The maximum absolute atomic E-state index is 10.8. The lowest BCUT2D eigenvalue weighted by Crippen LogP contribution is -2.15. The Bertz CT molecular complexity index is 577. The average molecular weight is 261 g/mol. The third kappa shape index (κ3) is 2.76. The molecule has 0 aliphatic carbocycles. The lowest BCUT2D eigenvalue weighted by atomic mass is 10.1. The van der Waals surface area contributed by atoms with Gasteiger partial charge in [0.15, 0.2) is 0 Å². The Kier molecular flexibility index (Phi) is 4.16. The summed E-state index contributed by atoms with van der Waals surface area (Å²) >= 11 is 0. The molecular formula is C14H19N3O2. The highest BCUT2D eigenvalue weighted by Crippen LogP contribution is 2.27. The molecule has 5 heteroatoms. The molecule has 0 radical (unpaired) electrons. The minimum atomic E-state index is -0.352. The Balaban J connectivity index is 2.36. The van der Waals surface area contributed by atoms with E-state index in [1.54, 1.807) is 12.1 Å². The second-order valence-corrected chi connectivity index (χ2v) is 4.68. The number of nitro groups is 1. The molecule has 0 saturated carbocycles. The van der Waals surface area contributed by atoms with Crippen LogP contribution in [0.25, 0.3) is 10.9 Å². The van der Waals surface area contributed by atoms with Gasteiger partial charge in [0, 0.05) is 35.3 Å². The fourth-order valence-electron chi connectivity index (χ4n) is 2.43. The molecule has 0 saturated heterocycles. The fourth-order valence-corrected chi connectivity index (χ4v) is 2.43. The van der Waals surface area contributed by atoms with Gasteiger partial charge in [-0.25, -0.2) is 0 Å². The van der Waals surface area contributed by atoms with Crippen LogP contribution in [0.2, 0.25) is 0 Å². The number of nitrogens with zero attached hydrogens (tertiary/aromatic N) is 2. The van der Waals surface area contributed by atoms with Crippen LogP contribution >= 0.6 is 0 Å². The molecule has 2 aromatic rings. The maximum Gasteiger partial charge on any atom is 0.270 e. The Labute approximate surface area is 112 Å². The second-order valence-electron chi connectivity index (χ2n) is 4.68. The number of benzene rings is 1. The molecule has 0 bridgehead atoms. The number of non-ortho nitro benzene ring substituents is 1. The van der Waals surface area contributed by atoms with Gasteiger partial charge in [0.1, 0.15) is 0 Å². The first-order chi connectivity index (χ1) is 9.17. The third-order valence-electron chi connectivity index (χ3n) is 3.51. The van der Waals surface area contributed by atoms with Crippen molar-refractivity contribution in [2.75, 3.05) is 13.6 Å². The number of nitro benzene ring substituents is 1. The van der Waals surface area contributed by atoms with Crippen LogP contribution in [-0.4, -0.2) is 23.1 Å². The predicted octanol–water partition coefficient (Wildman–Crippen LogP) is 3.11. The van der Waals surface area contributed by atoms with Gasteiger partial charge >= 0.3 is 0 Å². The van der Waals surface area contributed by atoms with E-state index in [9.17, 15) is 10.1 Å². The van der Waals surface area contributed by atoms with Crippen LogP contribution in [0.3, 0.4) is 0 Å². The standard InChI is InChI=1S/C14H19N3O2/c1-3-12(6-8-15-2)16-9-7-11-10-13(17(18)19)4-5-14(11)16/h4-5,7,9-10,12,15H,3,6,8H2,1-2H3. The molecule has 0 spiro atoms. The van der Waals surface area contributed by atoms with Crippen molar-refractivity contribution in [3.05, 3.63) is 40.6 Å². The van der Waals surface area contributed by atoms with Gasteiger partial charge in [0.25, 0.3) is 5.69 Å². The first-order valence-corrected chi connectivity index (χ1v) is 6.57. The van der Waals surface area contributed by atoms with Crippen molar-refractivity contribution < 1.29 is 4.92 Å². The lowest BCUT2D eigenvalue weighted by Gasteiger charge is -2.18. The molecule has 102 valence electrons. The highest BCUT2D eigenvalue weighted by molar-refractivity contribution is 5.82. The molecule has 0 aliphatic rings. The van der Waals surface area contributed by atoms with Crippen LogP contribution < -0.4 is 5.32 Å². The van der Waals surface area contributed by atoms with Gasteiger partial charge in [-0.3, -0.25) is 10.1 Å². The molecule has 1 unspecified atom stereocenters. The fraction of sp³-hybridized carbons (Fsp3) is 0.429. The Morgan fingerprint density at radius 2 is 2.21 bits per heavy atom. The number of fused-ring (bicyclic) bond motifs is 1. The smallest absolute Gasteiger partial charge is 0.270 e. The normalized spacial score (nSPS) is 12.7. The highest BCUT2D eigenvalue weighted by Gasteiger charge is 2.13. The summed E-state index contributed by atoms with van der Waals surface area (Å²) in [6.07, 6.45) is 4.12. The maximum atomic E-state index is 10.8. The van der Waals surface area contributed by atoms with Crippen LogP contribution in [0.15, 0.2) is 30.5 Å². The zero-order valence-corrected chi connectivity index (χ0v) is 11.3. The van der Waals surface area contributed by atoms with E-state index in [0.717, 1.165) is 30.3 Å². The van der Waals surface area contributed by atoms with E-state index in [1.807, 2.05) is 25.4 Å². The molecular weight excluding hydrogens is 242 g/mol. The van der Waals surface area contributed by atoms with Crippen molar-refractivity contribution in [2.24, 2.45) is 0 Å². The van der Waals surface area contributed by atoms with Gasteiger partial charge in [-0.1, -0.05) is 6.92 Å². The third-order valence-corrected chi connectivity index (χ3v) is 3.51. The summed E-state index contributed by atoms with van der Waals surface area (Å²) in [5.41, 5.74) is 1.21. The van der Waals surface area contributed by atoms with Gasteiger partial charge in [0.2, 0.25) is 0 Å². The monoisotopic (exact) mass is 261 g/mol. The van der Waals surface area contributed by atoms with Crippen molar-refractivity contribution in [3.63, 3.8) is 0 Å². The molecule has 1 atom stereocenters. The van der Waals surface area contributed by atoms with Crippen molar-refractivity contribution in [2.45, 2.75) is 25.8 Å². The second kappa shape index (κ2) is 5.84. The summed E-state index contributed by atoms with van der Waals surface area (Å²) in [5, 5.41) is 14.9. The highest BCUT2D eigenvalue weighted by atomic mass is 16.6. The molecule has 1 N–H and O–H groups in total. The van der Waals surface area contributed by atoms with Crippen molar-refractivity contribution in [3.8, 4) is 0 Å². The molecule has 1 heterocycles. The summed E-state index contributed by atoms with van der Waals surface area (Å²) in [6.45, 7) is 3.13. The van der Waals surface area contributed by atoms with E-state index in [0.29, 0.717) is 6.04 Å². The summed E-state index contributed by atoms with van der Waals surface area (Å²) in [4.78, 5) is 10.4. The van der Waals surface area contributed by atoms with Crippen molar-refractivity contribution >= 4 is 16.6 Å². The van der Waals surface area contributed by atoms with E-state index >= 15 is 0 Å². The first kappa shape index (κ1) is 13.5. The number of hydrogen-bond acceptors (Lipinski definition) is 3. The zero-order chi connectivity index (χ0) is 13.8. The van der Waals surface area contributed by atoms with E-state index in [-0.39, 0.29) is 10.6 Å². The van der Waals surface area contributed by atoms with E-state index in [2.05, 4.69) is 16.8 Å². The number of hydrogen-bond donors (Lipinski definition) is 1. The first-order valence-electron chi connectivity index (χ1n) is 6.57. The molecule has 0 fully saturated rings. The lowest BCUT2D eigenvalue weighted by molar-refractivity contribution is -0.384. The van der Waals surface area contributed by atoms with E-state index in [1.165, 1.54) is 0 Å². The summed E-state index contributed by atoms with van der Waals surface area (Å²) in [5.74, 6) is 0. The summed E-state index contributed by atoms with van der Waals surface area (Å²) < 4.78 is 2.22. The topological polar surface area (TPSA) is 60.1 Å². The molecule has 0 amide bonds. The predicted molar refractivity (Wildman–Crippen MR) is 76.5 cm³/mol. The van der Waals surface area contributed by atoms with Crippen LogP contribution in [0.4, 0.5) is 5.69 Å².